The number of urea groups is 1. The number of pyridine rings is 1. The Kier molecular flexibility index (Phi) is 6.84. The lowest BCUT2D eigenvalue weighted by Crippen LogP contribution is -2.28. The third kappa shape index (κ3) is 6.58. The number of halogens is 1. The lowest BCUT2D eigenvalue weighted by molar-refractivity contribution is 0.251. The lowest BCUT2D eigenvalue weighted by atomic mass is 10.2. The molecule has 3 aromatic rings. The summed E-state index contributed by atoms with van der Waals surface area (Å²) in [6.45, 7) is 0.376. The van der Waals surface area contributed by atoms with Gasteiger partial charge in [0.15, 0.2) is 0 Å². The van der Waals surface area contributed by atoms with Gasteiger partial charge in [0.1, 0.15) is 0 Å². The molecule has 0 bridgehead atoms. The molecule has 0 saturated heterocycles. The molecule has 0 aliphatic rings. The van der Waals surface area contributed by atoms with E-state index in [9.17, 15) is 13.2 Å². The topological polar surface area (TPSA) is 100 Å². The van der Waals surface area contributed by atoms with E-state index in [4.69, 9.17) is 0 Å². The molecule has 0 aliphatic heterocycles. The number of carbonyl (C=O) groups is 1. The van der Waals surface area contributed by atoms with E-state index >= 15 is 0 Å². The van der Waals surface area contributed by atoms with E-state index in [-0.39, 0.29) is 11.8 Å². The van der Waals surface area contributed by atoms with E-state index in [1.54, 1.807) is 54.9 Å². The molecule has 29 heavy (non-hydrogen) atoms. The van der Waals surface area contributed by atoms with Crippen LogP contribution in [0.3, 0.4) is 0 Å². The van der Waals surface area contributed by atoms with Crippen molar-refractivity contribution < 1.29 is 13.2 Å². The van der Waals surface area contributed by atoms with Gasteiger partial charge in [0.2, 0.25) is 10.0 Å². The second-order valence-corrected chi connectivity index (χ2v) is 8.77. The minimum atomic E-state index is -3.57. The third-order valence-corrected chi connectivity index (χ3v) is 5.93. The first-order chi connectivity index (χ1) is 13.9. The number of carbonyl (C=O) groups excluding carboxylic acids is 1. The van der Waals surface area contributed by atoms with Gasteiger partial charge in [0.05, 0.1) is 5.75 Å². The summed E-state index contributed by atoms with van der Waals surface area (Å²) in [6.07, 6.45) is 3.32. The molecule has 0 spiro atoms. The van der Waals surface area contributed by atoms with Crippen molar-refractivity contribution in [2.45, 2.75) is 12.3 Å². The second kappa shape index (κ2) is 9.53. The summed E-state index contributed by atoms with van der Waals surface area (Å²) in [4.78, 5) is 15.9. The molecule has 9 heteroatoms. The van der Waals surface area contributed by atoms with Crippen LogP contribution in [0.25, 0.3) is 0 Å². The second-order valence-electron chi connectivity index (χ2n) is 6.19. The Morgan fingerprint density at radius 2 is 1.59 bits per heavy atom. The first-order valence-corrected chi connectivity index (χ1v) is 11.1. The lowest BCUT2D eigenvalue weighted by Gasteiger charge is -2.11. The number of sulfonamides is 1. The van der Waals surface area contributed by atoms with Gasteiger partial charge in [0, 0.05) is 34.8 Å². The number of anilines is 2. The van der Waals surface area contributed by atoms with Crippen LogP contribution in [0.4, 0.5) is 16.2 Å². The first-order valence-electron chi connectivity index (χ1n) is 8.69. The van der Waals surface area contributed by atoms with Gasteiger partial charge in [-0.15, -0.1) is 0 Å². The van der Waals surface area contributed by atoms with Crippen molar-refractivity contribution in [2.75, 3.05) is 10.0 Å². The van der Waals surface area contributed by atoms with Gasteiger partial charge < -0.3 is 10.6 Å². The van der Waals surface area contributed by atoms with Gasteiger partial charge in [-0.2, -0.15) is 0 Å². The maximum absolute atomic E-state index is 12.4. The number of aromatic nitrogens is 1. The molecule has 1 heterocycles. The minimum absolute atomic E-state index is 0.147. The van der Waals surface area contributed by atoms with Gasteiger partial charge in [-0.05, 0) is 53.6 Å². The molecule has 0 atom stereocenters. The molecular weight excluding hydrogens is 456 g/mol. The Balaban J connectivity index is 1.54. The van der Waals surface area contributed by atoms with E-state index in [0.29, 0.717) is 23.5 Å². The van der Waals surface area contributed by atoms with Crippen LogP contribution < -0.4 is 15.4 Å². The molecule has 150 valence electrons. The molecule has 1 aromatic heterocycles. The van der Waals surface area contributed by atoms with Crippen LogP contribution in [0.1, 0.15) is 11.1 Å². The summed E-state index contributed by atoms with van der Waals surface area (Å²) >= 11 is 3.35. The SMILES string of the molecule is O=C(NCc1ccncc1)Nc1ccc(NS(=O)(=O)Cc2ccccc2Br)cc1. The largest absolute Gasteiger partial charge is 0.334 e. The number of benzene rings is 2. The number of rotatable bonds is 7. The highest BCUT2D eigenvalue weighted by molar-refractivity contribution is 9.10. The monoisotopic (exact) mass is 474 g/mol. The van der Waals surface area contributed by atoms with Crippen LogP contribution >= 0.6 is 15.9 Å². The quantitative estimate of drug-likeness (QED) is 0.479. The number of hydrogen-bond donors (Lipinski definition) is 3. The summed E-state index contributed by atoms with van der Waals surface area (Å²) in [5, 5.41) is 5.44. The highest BCUT2D eigenvalue weighted by Crippen LogP contribution is 2.20. The minimum Gasteiger partial charge on any atom is -0.334 e. The van der Waals surface area contributed by atoms with Crippen LogP contribution in [0, 0.1) is 0 Å². The predicted molar refractivity (Wildman–Crippen MR) is 117 cm³/mol. The summed E-state index contributed by atoms with van der Waals surface area (Å²) in [6, 6.07) is 16.9. The first kappa shape index (κ1) is 20.8. The average Bonchev–Trinajstić information content (AvgIpc) is 2.70. The number of hydrogen-bond acceptors (Lipinski definition) is 4. The molecular formula is C20H19BrN4O3S. The molecule has 0 saturated carbocycles. The van der Waals surface area contributed by atoms with Gasteiger partial charge in [-0.1, -0.05) is 34.1 Å². The standard InChI is InChI=1S/C20H19BrN4O3S/c21-19-4-2-1-3-16(19)14-29(27,28)25-18-7-5-17(6-8-18)24-20(26)23-13-15-9-11-22-12-10-15/h1-12,25H,13-14H2,(H2,23,24,26). The summed E-state index contributed by atoms with van der Waals surface area (Å²) in [7, 11) is -3.57. The number of nitrogens with zero attached hydrogens (tertiary/aromatic N) is 1. The highest BCUT2D eigenvalue weighted by Gasteiger charge is 2.13. The van der Waals surface area contributed by atoms with Crippen molar-refractivity contribution in [1.82, 2.24) is 10.3 Å². The zero-order chi connectivity index (χ0) is 20.7. The average molecular weight is 475 g/mol. The molecule has 0 fully saturated rings. The van der Waals surface area contributed by atoms with Crippen molar-refractivity contribution in [3.63, 3.8) is 0 Å². The normalized spacial score (nSPS) is 10.9. The molecule has 2 amide bonds. The maximum atomic E-state index is 12.4. The van der Waals surface area contributed by atoms with E-state index in [0.717, 1.165) is 10.0 Å². The Bertz CT molecular complexity index is 1070. The Morgan fingerprint density at radius 3 is 2.28 bits per heavy atom. The van der Waals surface area contributed by atoms with Crippen molar-refractivity contribution in [2.24, 2.45) is 0 Å². The van der Waals surface area contributed by atoms with Gasteiger partial charge in [-0.3, -0.25) is 9.71 Å². The number of nitrogens with one attached hydrogen (secondary N) is 3. The molecule has 3 N–H and O–H groups in total. The molecule has 0 radical (unpaired) electrons. The molecule has 7 nitrogen and oxygen atoms in total. The summed E-state index contributed by atoms with van der Waals surface area (Å²) in [5.41, 5.74) is 2.57. The van der Waals surface area contributed by atoms with Gasteiger partial charge >= 0.3 is 6.03 Å². The zero-order valence-electron chi connectivity index (χ0n) is 15.3. The van der Waals surface area contributed by atoms with Crippen LogP contribution in [-0.4, -0.2) is 19.4 Å². The summed E-state index contributed by atoms with van der Waals surface area (Å²) in [5.74, 6) is -0.147. The van der Waals surface area contributed by atoms with E-state index < -0.39 is 10.0 Å². The van der Waals surface area contributed by atoms with Gasteiger partial charge in [0.25, 0.3) is 0 Å². The predicted octanol–water partition coefficient (Wildman–Crippen LogP) is 4.11. The van der Waals surface area contributed by atoms with E-state index in [1.807, 2.05) is 18.2 Å². The van der Waals surface area contributed by atoms with E-state index in [2.05, 4.69) is 36.3 Å². The fourth-order valence-corrected chi connectivity index (χ4v) is 4.35. The van der Waals surface area contributed by atoms with Crippen molar-refractivity contribution in [3.05, 3.63) is 88.7 Å². The zero-order valence-corrected chi connectivity index (χ0v) is 17.7. The Labute approximate surface area is 177 Å². The number of amides is 2. The highest BCUT2D eigenvalue weighted by atomic mass is 79.9. The molecule has 3 rings (SSSR count). The smallest absolute Gasteiger partial charge is 0.319 e. The van der Waals surface area contributed by atoms with E-state index in [1.165, 1.54) is 0 Å². The van der Waals surface area contributed by atoms with Crippen LogP contribution in [0.15, 0.2) is 77.5 Å². The van der Waals surface area contributed by atoms with Crippen LogP contribution in [0.2, 0.25) is 0 Å². The Hall–Kier alpha value is -2.91. The molecule has 0 aliphatic carbocycles. The summed E-state index contributed by atoms with van der Waals surface area (Å²) < 4.78 is 28.1. The Morgan fingerprint density at radius 1 is 0.931 bits per heavy atom. The molecule has 0 unspecified atom stereocenters. The van der Waals surface area contributed by atoms with Crippen molar-refractivity contribution in [3.8, 4) is 0 Å². The van der Waals surface area contributed by atoms with Gasteiger partial charge in [-0.25, -0.2) is 13.2 Å². The van der Waals surface area contributed by atoms with Crippen LogP contribution in [-0.2, 0) is 22.3 Å². The fourth-order valence-electron chi connectivity index (χ4n) is 2.52. The van der Waals surface area contributed by atoms with Crippen molar-refractivity contribution in [1.29, 1.82) is 0 Å². The third-order valence-electron chi connectivity index (χ3n) is 3.92. The van der Waals surface area contributed by atoms with Crippen molar-refractivity contribution >= 4 is 43.4 Å². The van der Waals surface area contributed by atoms with Crippen LogP contribution in [0.5, 0.6) is 0 Å². The fraction of sp³-hybridized carbons (Fsp3) is 0.100. The molecule has 2 aromatic carbocycles. The maximum Gasteiger partial charge on any atom is 0.319 e.